The third kappa shape index (κ3) is 5.77. The second-order valence-electron chi connectivity index (χ2n) is 10.1. The Morgan fingerprint density at radius 3 is 2.67 bits per heavy atom. The normalized spacial score (nSPS) is 15.0. The van der Waals surface area contributed by atoms with E-state index in [0.717, 1.165) is 17.4 Å². The SMILES string of the molecule is CS(=O)CCNC(=O)c1cc(N2CCN(CCn3c(=O)sc4c3nc(N)n3nc(-c5ccco5)cc43)CC2)c(F)cc1F. The molecular formula is C27H28F2N8O4S2. The van der Waals surface area contributed by atoms with E-state index in [1.165, 1.54) is 16.8 Å². The standard InChI is InChI=1S/C27H28F2N8O4S2/c1-43(40)12-4-31-25(38)16-13-20(18(29)14-17(16)28)35-8-5-34(6-9-35)7-10-36-24-23(42-27(36)39)21-15-19(22-3-2-11-41-22)33-37(21)26(30)32-24/h2-3,11,13-15H,4-10,12H2,1H3,(H2,30,32)(H,31,38). The third-order valence-corrected chi connectivity index (χ3v) is 9.10. The molecule has 1 amide bonds. The summed E-state index contributed by atoms with van der Waals surface area (Å²) in [4.78, 5) is 33.7. The third-order valence-electron chi connectivity index (χ3n) is 7.33. The smallest absolute Gasteiger partial charge is 0.309 e. The number of thiazole rings is 1. The van der Waals surface area contributed by atoms with Gasteiger partial charge < -0.3 is 20.4 Å². The first kappa shape index (κ1) is 28.9. The summed E-state index contributed by atoms with van der Waals surface area (Å²) in [6.07, 6.45) is 3.06. The van der Waals surface area contributed by atoms with Gasteiger partial charge in [-0.3, -0.25) is 23.3 Å². The molecule has 1 saturated heterocycles. The Morgan fingerprint density at radius 1 is 1.16 bits per heavy atom. The number of nitrogens with one attached hydrogen (secondary N) is 1. The zero-order chi connectivity index (χ0) is 30.2. The van der Waals surface area contributed by atoms with Crippen molar-refractivity contribution in [2.75, 3.05) is 61.9 Å². The van der Waals surface area contributed by atoms with Crippen molar-refractivity contribution in [3.8, 4) is 11.5 Å². The molecule has 1 aliphatic heterocycles. The summed E-state index contributed by atoms with van der Waals surface area (Å²) < 4.78 is 49.6. The first-order valence-corrected chi connectivity index (χ1v) is 16.0. The largest absolute Gasteiger partial charge is 0.463 e. The highest BCUT2D eigenvalue weighted by Crippen LogP contribution is 2.29. The number of anilines is 2. The van der Waals surface area contributed by atoms with Crippen molar-refractivity contribution in [2.24, 2.45) is 0 Å². The van der Waals surface area contributed by atoms with Crippen LogP contribution in [0.3, 0.4) is 0 Å². The molecule has 5 aromatic rings. The molecule has 16 heteroatoms. The predicted molar refractivity (Wildman–Crippen MR) is 161 cm³/mol. The Morgan fingerprint density at radius 2 is 1.95 bits per heavy atom. The van der Waals surface area contributed by atoms with Gasteiger partial charge in [-0.25, -0.2) is 8.78 Å². The maximum atomic E-state index is 14.8. The van der Waals surface area contributed by atoms with Crippen LogP contribution in [0, 0.1) is 11.6 Å². The molecule has 1 fully saturated rings. The van der Waals surface area contributed by atoms with Crippen LogP contribution in [0.25, 0.3) is 27.3 Å². The predicted octanol–water partition coefficient (Wildman–Crippen LogP) is 2.16. The summed E-state index contributed by atoms with van der Waals surface area (Å²) in [6.45, 7) is 3.04. The number of rotatable bonds is 9. The number of hydrogen-bond donors (Lipinski definition) is 2. The number of benzene rings is 1. The fourth-order valence-electron chi connectivity index (χ4n) is 5.10. The second kappa shape index (κ2) is 11.9. The van der Waals surface area contributed by atoms with Crippen LogP contribution in [0.15, 0.2) is 45.8 Å². The number of piperazine rings is 1. The molecule has 0 radical (unpaired) electrons. The molecule has 12 nitrogen and oxygen atoms in total. The Bertz CT molecular complexity index is 1890. The second-order valence-corrected chi connectivity index (χ2v) is 12.6. The van der Waals surface area contributed by atoms with E-state index in [9.17, 15) is 22.6 Å². The number of nitrogens with two attached hydrogens (primary N) is 1. The van der Waals surface area contributed by atoms with Gasteiger partial charge in [-0.2, -0.15) is 14.6 Å². The molecule has 1 atom stereocenters. The Balaban J connectivity index is 1.13. The molecule has 226 valence electrons. The van der Waals surface area contributed by atoms with Gasteiger partial charge in [0.05, 0.1) is 23.0 Å². The average Bonchev–Trinajstić information content (AvgIpc) is 3.72. The lowest BCUT2D eigenvalue weighted by Gasteiger charge is -2.36. The van der Waals surface area contributed by atoms with E-state index in [1.807, 2.05) is 6.07 Å². The van der Waals surface area contributed by atoms with Crippen molar-refractivity contribution in [3.05, 3.63) is 63.5 Å². The van der Waals surface area contributed by atoms with Crippen molar-refractivity contribution in [3.63, 3.8) is 0 Å². The van der Waals surface area contributed by atoms with Gasteiger partial charge in [-0.05, 0) is 24.3 Å². The van der Waals surface area contributed by atoms with E-state index in [4.69, 9.17) is 10.2 Å². The summed E-state index contributed by atoms with van der Waals surface area (Å²) in [5.41, 5.74) is 7.81. The summed E-state index contributed by atoms with van der Waals surface area (Å²) in [7, 11) is -1.11. The fraction of sp³-hybridized carbons (Fsp3) is 0.333. The number of halogens is 2. The first-order valence-electron chi connectivity index (χ1n) is 13.5. The summed E-state index contributed by atoms with van der Waals surface area (Å²) in [6, 6.07) is 7.31. The van der Waals surface area contributed by atoms with Crippen LogP contribution in [0.1, 0.15) is 10.4 Å². The van der Waals surface area contributed by atoms with E-state index in [2.05, 4.69) is 20.3 Å². The number of hydrogen-bond acceptors (Lipinski definition) is 10. The lowest BCUT2D eigenvalue weighted by atomic mass is 10.1. The maximum absolute atomic E-state index is 14.8. The summed E-state index contributed by atoms with van der Waals surface area (Å²) in [5.74, 6) is -1.43. The minimum Gasteiger partial charge on any atom is -0.463 e. The number of furan rings is 1. The highest BCUT2D eigenvalue weighted by Gasteiger charge is 2.24. The lowest BCUT2D eigenvalue weighted by Crippen LogP contribution is -2.47. The topological polar surface area (TPSA) is 144 Å². The maximum Gasteiger partial charge on any atom is 0.309 e. The number of nitrogens with zero attached hydrogens (tertiary/aromatic N) is 6. The van der Waals surface area contributed by atoms with E-state index >= 15 is 0 Å². The molecule has 1 unspecified atom stereocenters. The fourth-order valence-corrected chi connectivity index (χ4v) is 6.45. The van der Waals surface area contributed by atoms with Crippen molar-refractivity contribution < 1.29 is 22.2 Å². The molecule has 1 aliphatic rings. The van der Waals surface area contributed by atoms with E-state index in [0.29, 0.717) is 66.6 Å². The van der Waals surface area contributed by atoms with Crippen LogP contribution in [-0.4, -0.2) is 85.5 Å². The molecule has 1 aromatic carbocycles. The molecule has 0 aliphatic carbocycles. The number of fused-ring (bicyclic) bond motifs is 3. The van der Waals surface area contributed by atoms with Crippen LogP contribution in [0.2, 0.25) is 0 Å². The van der Waals surface area contributed by atoms with Gasteiger partial charge in [0.15, 0.2) is 11.4 Å². The quantitative estimate of drug-likeness (QED) is 0.250. The van der Waals surface area contributed by atoms with Gasteiger partial charge >= 0.3 is 4.87 Å². The van der Waals surface area contributed by atoms with E-state index < -0.39 is 28.3 Å². The molecule has 3 N–H and O–H groups in total. The monoisotopic (exact) mass is 630 g/mol. The van der Waals surface area contributed by atoms with Crippen LogP contribution >= 0.6 is 11.3 Å². The molecule has 6 rings (SSSR count). The molecule has 4 aromatic heterocycles. The Labute approximate surface area is 250 Å². The summed E-state index contributed by atoms with van der Waals surface area (Å²) >= 11 is 1.08. The Kier molecular flexibility index (Phi) is 7.98. The number of amides is 1. The van der Waals surface area contributed by atoms with Gasteiger partial charge in [0, 0.05) is 74.7 Å². The number of nitrogen functional groups attached to an aromatic ring is 1. The van der Waals surface area contributed by atoms with Crippen LogP contribution < -0.4 is 20.8 Å². The highest BCUT2D eigenvalue weighted by molar-refractivity contribution is 7.84. The number of aromatic nitrogens is 4. The Hall–Kier alpha value is -4.15. The molecule has 5 heterocycles. The number of carbonyl (C=O) groups excluding carboxylic acids is 1. The van der Waals surface area contributed by atoms with Crippen LogP contribution in [0.5, 0.6) is 0 Å². The van der Waals surface area contributed by atoms with Gasteiger partial charge in [0.25, 0.3) is 5.91 Å². The first-order chi connectivity index (χ1) is 20.7. The van der Waals surface area contributed by atoms with E-state index in [-0.39, 0.29) is 34.4 Å². The molecular weight excluding hydrogens is 602 g/mol. The van der Waals surface area contributed by atoms with E-state index in [1.54, 1.807) is 27.9 Å². The molecule has 43 heavy (non-hydrogen) atoms. The summed E-state index contributed by atoms with van der Waals surface area (Å²) in [5, 5.41) is 7.00. The lowest BCUT2D eigenvalue weighted by molar-refractivity contribution is 0.0952. The molecule has 0 bridgehead atoms. The van der Waals surface area contributed by atoms with Gasteiger partial charge in [-0.1, -0.05) is 11.3 Å². The minimum absolute atomic E-state index is 0.122. The van der Waals surface area contributed by atoms with Crippen LogP contribution in [-0.2, 0) is 17.3 Å². The van der Waals surface area contributed by atoms with Gasteiger partial charge in [-0.15, -0.1) is 0 Å². The van der Waals surface area contributed by atoms with Crippen molar-refractivity contribution >= 4 is 55.5 Å². The zero-order valence-electron chi connectivity index (χ0n) is 23.1. The molecule has 0 saturated carbocycles. The average molecular weight is 631 g/mol. The van der Waals surface area contributed by atoms with Gasteiger partial charge in [0.1, 0.15) is 22.0 Å². The van der Waals surface area contributed by atoms with Crippen molar-refractivity contribution in [1.29, 1.82) is 0 Å². The number of carbonyl (C=O) groups is 1. The zero-order valence-corrected chi connectivity index (χ0v) is 24.7. The van der Waals surface area contributed by atoms with Crippen LogP contribution in [0.4, 0.5) is 20.4 Å². The minimum atomic E-state index is -1.11. The van der Waals surface area contributed by atoms with Crippen molar-refractivity contribution in [1.82, 2.24) is 29.4 Å². The van der Waals surface area contributed by atoms with Gasteiger partial charge in [0.2, 0.25) is 5.95 Å². The molecule has 0 spiro atoms. The van der Waals surface area contributed by atoms with Crippen molar-refractivity contribution in [2.45, 2.75) is 6.54 Å². The highest BCUT2D eigenvalue weighted by atomic mass is 32.2.